The fourth-order valence-electron chi connectivity index (χ4n) is 1.73. The number of benzene rings is 1. The maximum absolute atomic E-state index is 10.9. The Balaban J connectivity index is 2.23. The molecular weight excluding hydrogens is 236 g/mol. The van der Waals surface area contributed by atoms with Gasteiger partial charge in [-0.2, -0.15) is 0 Å². The van der Waals surface area contributed by atoms with Gasteiger partial charge in [0.1, 0.15) is 17.7 Å². The first-order valence-electron chi connectivity index (χ1n) is 5.20. The first-order valence-corrected chi connectivity index (χ1v) is 5.20. The van der Waals surface area contributed by atoms with Gasteiger partial charge in [-0.25, -0.2) is 9.78 Å². The minimum atomic E-state index is -1.000. The van der Waals surface area contributed by atoms with Crippen molar-refractivity contribution in [3.8, 4) is 11.4 Å². The molecule has 3 rings (SSSR count). The monoisotopic (exact) mass is 244 g/mol. The van der Waals surface area contributed by atoms with Crippen LogP contribution in [0, 0.1) is 6.92 Å². The van der Waals surface area contributed by atoms with E-state index in [9.17, 15) is 4.79 Å². The smallest absolute Gasteiger partial charge is 0.335 e. The maximum Gasteiger partial charge on any atom is 0.335 e. The van der Waals surface area contributed by atoms with Crippen molar-refractivity contribution in [3.63, 3.8) is 0 Å². The molecule has 1 aromatic carbocycles. The molecule has 1 N–H and O–H groups in total. The first kappa shape index (κ1) is 10.5. The van der Waals surface area contributed by atoms with Gasteiger partial charge in [0, 0.05) is 6.92 Å². The summed E-state index contributed by atoms with van der Waals surface area (Å²) in [6, 6.07) is 4.55. The molecular formula is C12H8N2O4. The standard InChI is InChI=1S/C12H8N2O4/c1-6-13-9(5-17-6)11-8-4-7(12(15)16)2-3-10(8)18-14-11/h2-5H,1H3,(H,15,16). The minimum Gasteiger partial charge on any atom is -0.478 e. The molecule has 18 heavy (non-hydrogen) atoms. The molecule has 6 heteroatoms. The third kappa shape index (κ3) is 1.55. The summed E-state index contributed by atoms with van der Waals surface area (Å²) in [5.41, 5.74) is 1.68. The average Bonchev–Trinajstić information content (AvgIpc) is 2.93. The number of carboxylic acids is 1. The van der Waals surface area contributed by atoms with Crippen LogP contribution in [0.25, 0.3) is 22.4 Å². The van der Waals surface area contributed by atoms with Crippen LogP contribution in [0.5, 0.6) is 0 Å². The summed E-state index contributed by atoms with van der Waals surface area (Å²) in [5, 5.41) is 13.5. The van der Waals surface area contributed by atoms with Gasteiger partial charge in [0.25, 0.3) is 0 Å². The molecule has 0 radical (unpaired) electrons. The van der Waals surface area contributed by atoms with E-state index in [2.05, 4.69) is 10.1 Å². The van der Waals surface area contributed by atoms with E-state index in [1.807, 2.05) is 0 Å². The summed E-state index contributed by atoms with van der Waals surface area (Å²) in [5.74, 6) is -0.490. The van der Waals surface area contributed by atoms with Crippen molar-refractivity contribution < 1.29 is 18.8 Å². The second-order valence-corrected chi connectivity index (χ2v) is 3.80. The van der Waals surface area contributed by atoms with Crippen LogP contribution in [0.1, 0.15) is 16.2 Å². The topological polar surface area (TPSA) is 89.4 Å². The van der Waals surface area contributed by atoms with Crippen molar-refractivity contribution in [1.82, 2.24) is 10.1 Å². The number of fused-ring (bicyclic) bond motifs is 1. The molecule has 0 aliphatic rings. The molecule has 0 saturated heterocycles. The fourth-order valence-corrected chi connectivity index (χ4v) is 1.73. The molecule has 6 nitrogen and oxygen atoms in total. The van der Waals surface area contributed by atoms with Crippen molar-refractivity contribution in [2.75, 3.05) is 0 Å². The Morgan fingerprint density at radius 2 is 2.22 bits per heavy atom. The number of hydrogen-bond acceptors (Lipinski definition) is 5. The molecule has 0 atom stereocenters. The highest BCUT2D eigenvalue weighted by Gasteiger charge is 2.15. The number of hydrogen-bond donors (Lipinski definition) is 1. The Kier molecular flexibility index (Phi) is 2.16. The highest BCUT2D eigenvalue weighted by molar-refractivity contribution is 5.97. The second kappa shape index (κ2) is 3.69. The van der Waals surface area contributed by atoms with Gasteiger partial charge in [-0.15, -0.1) is 0 Å². The lowest BCUT2D eigenvalue weighted by Gasteiger charge is -1.93. The summed E-state index contributed by atoms with van der Waals surface area (Å²) >= 11 is 0. The number of oxazole rings is 1. The SMILES string of the molecule is Cc1nc(-c2noc3ccc(C(=O)O)cc23)co1. The number of aromatic nitrogens is 2. The molecule has 0 spiro atoms. The largest absolute Gasteiger partial charge is 0.478 e. The summed E-state index contributed by atoms with van der Waals surface area (Å²) < 4.78 is 10.2. The van der Waals surface area contributed by atoms with E-state index in [0.29, 0.717) is 28.2 Å². The van der Waals surface area contributed by atoms with Crippen molar-refractivity contribution in [2.45, 2.75) is 6.92 Å². The van der Waals surface area contributed by atoms with Gasteiger partial charge in [-0.3, -0.25) is 0 Å². The third-order valence-electron chi connectivity index (χ3n) is 2.58. The number of rotatable bonds is 2. The van der Waals surface area contributed by atoms with Gasteiger partial charge in [-0.1, -0.05) is 5.16 Å². The van der Waals surface area contributed by atoms with E-state index in [0.717, 1.165) is 0 Å². The number of aromatic carboxylic acids is 1. The van der Waals surface area contributed by atoms with Crippen LogP contribution in [0.4, 0.5) is 0 Å². The Bertz CT molecular complexity index is 741. The molecule has 0 aliphatic carbocycles. The number of nitrogens with zero attached hydrogens (tertiary/aromatic N) is 2. The van der Waals surface area contributed by atoms with Crippen LogP contribution < -0.4 is 0 Å². The summed E-state index contributed by atoms with van der Waals surface area (Å²) in [6.07, 6.45) is 1.46. The predicted octanol–water partition coefficient (Wildman–Crippen LogP) is 2.49. The molecule has 0 aliphatic heterocycles. The van der Waals surface area contributed by atoms with Gasteiger partial charge < -0.3 is 14.0 Å². The zero-order chi connectivity index (χ0) is 12.7. The fraction of sp³-hybridized carbons (Fsp3) is 0.0833. The van der Waals surface area contributed by atoms with Gasteiger partial charge >= 0.3 is 5.97 Å². The van der Waals surface area contributed by atoms with Gasteiger partial charge in [0.15, 0.2) is 11.5 Å². The Labute approximate surface area is 101 Å². The zero-order valence-electron chi connectivity index (χ0n) is 9.38. The number of carboxylic acid groups (broad SMARTS) is 1. The van der Waals surface area contributed by atoms with Crippen LogP contribution in [0.2, 0.25) is 0 Å². The van der Waals surface area contributed by atoms with Gasteiger partial charge in [0.05, 0.1) is 10.9 Å². The van der Waals surface area contributed by atoms with E-state index in [1.54, 1.807) is 13.0 Å². The minimum absolute atomic E-state index is 0.173. The molecule has 0 unspecified atom stereocenters. The summed E-state index contributed by atoms with van der Waals surface area (Å²) in [4.78, 5) is 15.1. The van der Waals surface area contributed by atoms with E-state index < -0.39 is 5.97 Å². The average molecular weight is 244 g/mol. The quantitative estimate of drug-likeness (QED) is 0.744. The lowest BCUT2D eigenvalue weighted by Crippen LogP contribution is -1.94. The van der Waals surface area contributed by atoms with Crippen molar-refractivity contribution in [3.05, 3.63) is 35.9 Å². The molecule has 3 aromatic rings. The number of carbonyl (C=O) groups is 1. The normalized spacial score (nSPS) is 10.9. The Morgan fingerprint density at radius 3 is 2.89 bits per heavy atom. The highest BCUT2D eigenvalue weighted by atomic mass is 16.5. The highest BCUT2D eigenvalue weighted by Crippen LogP contribution is 2.28. The van der Waals surface area contributed by atoms with Crippen LogP contribution in [-0.2, 0) is 0 Å². The predicted molar refractivity (Wildman–Crippen MR) is 61.2 cm³/mol. The molecule has 0 amide bonds. The van der Waals surface area contributed by atoms with Crippen molar-refractivity contribution >= 4 is 16.9 Å². The lowest BCUT2D eigenvalue weighted by atomic mass is 10.1. The lowest BCUT2D eigenvalue weighted by molar-refractivity contribution is 0.0697. The molecule has 2 heterocycles. The van der Waals surface area contributed by atoms with Crippen molar-refractivity contribution in [1.29, 1.82) is 0 Å². The van der Waals surface area contributed by atoms with Crippen LogP contribution in [-0.4, -0.2) is 21.2 Å². The van der Waals surface area contributed by atoms with Crippen molar-refractivity contribution in [2.24, 2.45) is 0 Å². The Hall–Kier alpha value is -2.63. The van der Waals surface area contributed by atoms with Crippen LogP contribution in [0.3, 0.4) is 0 Å². The van der Waals surface area contributed by atoms with E-state index in [4.69, 9.17) is 14.0 Å². The third-order valence-corrected chi connectivity index (χ3v) is 2.58. The Morgan fingerprint density at radius 1 is 1.39 bits per heavy atom. The van der Waals surface area contributed by atoms with E-state index in [-0.39, 0.29) is 5.56 Å². The molecule has 0 fully saturated rings. The molecule has 90 valence electrons. The van der Waals surface area contributed by atoms with E-state index >= 15 is 0 Å². The molecule has 0 bridgehead atoms. The first-order chi connectivity index (χ1) is 8.65. The molecule has 0 saturated carbocycles. The number of aryl methyl sites for hydroxylation is 1. The molecule has 2 aromatic heterocycles. The van der Waals surface area contributed by atoms with Gasteiger partial charge in [-0.05, 0) is 18.2 Å². The van der Waals surface area contributed by atoms with E-state index in [1.165, 1.54) is 18.4 Å². The van der Waals surface area contributed by atoms with Crippen LogP contribution >= 0.6 is 0 Å². The maximum atomic E-state index is 10.9. The summed E-state index contributed by atoms with van der Waals surface area (Å²) in [7, 11) is 0. The second-order valence-electron chi connectivity index (χ2n) is 3.80. The summed E-state index contributed by atoms with van der Waals surface area (Å²) in [6.45, 7) is 1.72. The zero-order valence-corrected chi connectivity index (χ0v) is 9.38. The van der Waals surface area contributed by atoms with Gasteiger partial charge in [0.2, 0.25) is 0 Å². The van der Waals surface area contributed by atoms with Crippen LogP contribution in [0.15, 0.2) is 33.4 Å².